The van der Waals surface area contributed by atoms with Crippen molar-refractivity contribution in [3.8, 4) is 11.5 Å². The van der Waals surface area contributed by atoms with Gasteiger partial charge in [-0.15, -0.1) is 0 Å². The first-order chi connectivity index (χ1) is 12.6. The molecule has 1 unspecified atom stereocenters. The molecule has 0 aliphatic carbocycles. The van der Waals surface area contributed by atoms with E-state index in [4.69, 9.17) is 9.47 Å². The summed E-state index contributed by atoms with van der Waals surface area (Å²) in [7, 11) is 3.18. The highest BCUT2D eigenvalue weighted by molar-refractivity contribution is 6.00. The van der Waals surface area contributed by atoms with E-state index in [0.717, 1.165) is 17.0 Å². The molecule has 1 atom stereocenters. The van der Waals surface area contributed by atoms with Crippen LogP contribution in [0.1, 0.15) is 12.0 Å². The molecule has 2 aromatic rings. The van der Waals surface area contributed by atoms with Crippen LogP contribution in [0.5, 0.6) is 11.5 Å². The van der Waals surface area contributed by atoms with Crippen molar-refractivity contribution < 1.29 is 19.1 Å². The van der Waals surface area contributed by atoms with E-state index in [0.29, 0.717) is 18.8 Å². The molecule has 2 amide bonds. The van der Waals surface area contributed by atoms with Gasteiger partial charge in [0.2, 0.25) is 11.8 Å². The minimum atomic E-state index is -0.372. The third-order valence-electron chi connectivity index (χ3n) is 4.51. The Hall–Kier alpha value is -3.02. The number of hydrogen-bond donors (Lipinski definition) is 1. The van der Waals surface area contributed by atoms with Gasteiger partial charge in [-0.25, -0.2) is 0 Å². The second-order valence-corrected chi connectivity index (χ2v) is 6.14. The molecule has 0 spiro atoms. The zero-order chi connectivity index (χ0) is 18.5. The van der Waals surface area contributed by atoms with Crippen LogP contribution in [-0.2, 0) is 16.1 Å². The van der Waals surface area contributed by atoms with Gasteiger partial charge in [-0.2, -0.15) is 0 Å². The first-order valence-corrected chi connectivity index (χ1v) is 8.46. The van der Waals surface area contributed by atoms with Gasteiger partial charge in [-0.3, -0.25) is 9.59 Å². The molecule has 1 saturated heterocycles. The van der Waals surface area contributed by atoms with E-state index in [-0.39, 0.29) is 24.2 Å². The van der Waals surface area contributed by atoms with Crippen LogP contribution in [0.25, 0.3) is 0 Å². The molecule has 0 aromatic heterocycles. The van der Waals surface area contributed by atoms with Crippen LogP contribution in [0.4, 0.5) is 5.69 Å². The van der Waals surface area contributed by atoms with Gasteiger partial charge < -0.3 is 19.7 Å². The van der Waals surface area contributed by atoms with Gasteiger partial charge in [0, 0.05) is 36.8 Å². The van der Waals surface area contributed by atoms with Crippen molar-refractivity contribution in [2.24, 2.45) is 5.92 Å². The number of nitrogens with one attached hydrogen (secondary N) is 1. The van der Waals surface area contributed by atoms with Gasteiger partial charge in [0.1, 0.15) is 11.5 Å². The molecule has 3 rings (SSSR count). The topological polar surface area (TPSA) is 67.9 Å². The maximum Gasteiger partial charge on any atom is 0.227 e. The monoisotopic (exact) mass is 354 g/mol. The average molecular weight is 354 g/mol. The van der Waals surface area contributed by atoms with Gasteiger partial charge >= 0.3 is 0 Å². The normalized spacial score (nSPS) is 16.5. The zero-order valence-corrected chi connectivity index (χ0v) is 14.9. The fourth-order valence-electron chi connectivity index (χ4n) is 3.09. The lowest BCUT2D eigenvalue weighted by molar-refractivity contribution is -0.126. The number of methoxy groups -OCH3 is 2. The Morgan fingerprint density at radius 2 is 1.96 bits per heavy atom. The molecule has 0 radical (unpaired) electrons. The van der Waals surface area contributed by atoms with Gasteiger partial charge in [0.15, 0.2) is 0 Å². The molecule has 1 heterocycles. The molecule has 1 aliphatic heterocycles. The maximum atomic E-state index is 12.5. The van der Waals surface area contributed by atoms with Gasteiger partial charge in [0.05, 0.1) is 20.1 Å². The number of carbonyl (C=O) groups excluding carboxylic acids is 2. The van der Waals surface area contributed by atoms with Crippen molar-refractivity contribution in [2.45, 2.75) is 13.0 Å². The Balaban J connectivity index is 1.63. The first kappa shape index (κ1) is 17.8. The summed E-state index contributed by atoms with van der Waals surface area (Å²) >= 11 is 0. The Morgan fingerprint density at radius 1 is 1.15 bits per heavy atom. The number of rotatable bonds is 6. The van der Waals surface area contributed by atoms with E-state index in [2.05, 4.69) is 5.32 Å². The van der Waals surface area contributed by atoms with Crippen LogP contribution in [0.15, 0.2) is 48.5 Å². The number of ether oxygens (including phenoxy) is 2. The van der Waals surface area contributed by atoms with Crippen molar-refractivity contribution in [1.82, 2.24) is 5.32 Å². The minimum Gasteiger partial charge on any atom is -0.497 e. The van der Waals surface area contributed by atoms with Crippen molar-refractivity contribution in [3.05, 3.63) is 54.1 Å². The lowest BCUT2D eigenvalue weighted by Gasteiger charge is -2.17. The second kappa shape index (κ2) is 7.91. The van der Waals surface area contributed by atoms with Crippen LogP contribution in [0.3, 0.4) is 0 Å². The van der Waals surface area contributed by atoms with Crippen LogP contribution in [0.2, 0.25) is 0 Å². The highest BCUT2D eigenvalue weighted by Gasteiger charge is 2.35. The molecule has 136 valence electrons. The van der Waals surface area contributed by atoms with E-state index >= 15 is 0 Å². The van der Waals surface area contributed by atoms with Crippen molar-refractivity contribution in [3.63, 3.8) is 0 Å². The molecule has 0 bridgehead atoms. The number of anilines is 1. The van der Waals surface area contributed by atoms with E-state index in [1.807, 2.05) is 42.5 Å². The zero-order valence-electron chi connectivity index (χ0n) is 14.9. The van der Waals surface area contributed by atoms with Crippen molar-refractivity contribution in [2.75, 3.05) is 25.7 Å². The third kappa shape index (κ3) is 3.79. The first-order valence-electron chi connectivity index (χ1n) is 8.46. The standard InChI is InChI=1S/C20H22N2O4/c1-25-17-8-5-7-16(11-17)22-13-15(10-19(22)23)20(24)21-12-14-6-3-4-9-18(14)26-2/h3-9,11,15H,10,12-13H2,1-2H3,(H,21,24). The predicted molar refractivity (Wildman–Crippen MR) is 98.3 cm³/mol. The Bertz CT molecular complexity index is 806. The summed E-state index contributed by atoms with van der Waals surface area (Å²) in [5.41, 5.74) is 1.65. The molecule has 0 saturated carbocycles. The van der Waals surface area contributed by atoms with E-state index < -0.39 is 0 Å². The van der Waals surface area contributed by atoms with E-state index in [9.17, 15) is 9.59 Å². The highest BCUT2D eigenvalue weighted by Crippen LogP contribution is 2.28. The lowest BCUT2D eigenvalue weighted by atomic mass is 10.1. The molecule has 1 N–H and O–H groups in total. The number of benzene rings is 2. The Morgan fingerprint density at radius 3 is 2.73 bits per heavy atom. The minimum absolute atomic E-state index is 0.0595. The number of nitrogens with zero attached hydrogens (tertiary/aromatic N) is 1. The van der Waals surface area contributed by atoms with E-state index in [1.165, 1.54) is 0 Å². The van der Waals surface area contributed by atoms with Crippen LogP contribution in [0, 0.1) is 5.92 Å². The fourth-order valence-corrected chi connectivity index (χ4v) is 3.09. The van der Waals surface area contributed by atoms with Crippen molar-refractivity contribution in [1.29, 1.82) is 0 Å². The van der Waals surface area contributed by atoms with Crippen molar-refractivity contribution >= 4 is 17.5 Å². The summed E-state index contributed by atoms with van der Waals surface area (Å²) in [5.74, 6) is 0.849. The summed E-state index contributed by atoms with van der Waals surface area (Å²) in [6.45, 7) is 0.733. The second-order valence-electron chi connectivity index (χ2n) is 6.14. The quantitative estimate of drug-likeness (QED) is 0.865. The molecule has 2 aromatic carbocycles. The molecular formula is C20H22N2O4. The maximum absolute atomic E-state index is 12.5. The SMILES string of the molecule is COc1cccc(N2CC(C(=O)NCc3ccccc3OC)CC2=O)c1. The van der Waals surface area contributed by atoms with Crippen LogP contribution in [-0.4, -0.2) is 32.6 Å². The summed E-state index contributed by atoms with van der Waals surface area (Å²) in [6.07, 6.45) is 0.203. The van der Waals surface area contributed by atoms with Crippen LogP contribution < -0.4 is 19.7 Å². The number of hydrogen-bond acceptors (Lipinski definition) is 4. The molecule has 6 heteroatoms. The van der Waals surface area contributed by atoms with Gasteiger partial charge in [0.25, 0.3) is 0 Å². The summed E-state index contributed by atoms with van der Waals surface area (Å²) in [6, 6.07) is 14.8. The van der Waals surface area contributed by atoms with Gasteiger partial charge in [-0.05, 0) is 18.2 Å². The largest absolute Gasteiger partial charge is 0.497 e. The Labute approximate surface area is 152 Å². The smallest absolute Gasteiger partial charge is 0.227 e. The van der Waals surface area contributed by atoms with Crippen LogP contribution >= 0.6 is 0 Å². The summed E-state index contributed by atoms with van der Waals surface area (Å²) in [4.78, 5) is 26.5. The predicted octanol–water partition coefficient (Wildman–Crippen LogP) is 2.37. The molecule has 6 nitrogen and oxygen atoms in total. The molecular weight excluding hydrogens is 332 g/mol. The lowest BCUT2D eigenvalue weighted by Crippen LogP contribution is -2.32. The molecule has 1 aliphatic rings. The average Bonchev–Trinajstić information content (AvgIpc) is 3.08. The summed E-state index contributed by atoms with van der Waals surface area (Å²) < 4.78 is 10.5. The third-order valence-corrected chi connectivity index (χ3v) is 4.51. The number of carbonyl (C=O) groups is 2. The van der Waals surface area contributed by atoms with Gasteiger partial charge in [-0.1, -0.05) is 24.3 Å². The highest BCUT2D eigenvalue weighted by atomic mass is 16.5. The molecule has 1 fully saturated rings. The van der Waals surface area contributed by atoms with E-state index in [1.54, 1.807) is 25.2 Å². The molecule has 26 heavy (non-hydrogen) atoms. The number of para-hydroxylation sites is 1. The fraction of sp³-hybridized carbons (Fsp3) is 0.300. The summed E-state index contributed by atoms with van der Waals surface area (Å²) in [5, 5.41) is 2.91. The number of amides is 2. The Kier molecular flexibility index (Phi) is 5.41.